The van der Waals surface area contributed by atoms with Crippen LogP contribution in [0.1, 0.15) is 28.4 Å². The molecular weight excluding hydrogens is 324 g/mol. The summed E-state index contributed by atoms with van der Waals surface area (Å²) < 4.78 is 5.45. The van der Waals surface area contributed by atoms with Gasteiger partial charge < -0.3 is 9.64 Å². The standard InChI is InChI=1S/C22H28N2O2/c1-18-7-6-10-21(15-18)22(25)24(17-20-8-4-3-5-9-20)19(2)16-23-11-13-26-14-12-23/h3-10,15,19H,11-14,16-17H2,1-2H3. The highest BCUT2D eigenvalue weighted by molar-refractivity contribution is 5.94. The number of amides is 1. The van der Waals surface area contributed by atoms with Crippen molar-refractivity contribution in [1.29, 1.82) is 0 Å². The summed E-state index contributed by atoms with van der Waals surface area (Å²) in [6, 6.07) is 18.2. The summed E-state index contributed by atoms with van der Waals surface area (Å²) in [6.45, 7) is 9.08. The number of morpholine rings is 1. The molecule has 1 aliphatic rings. The fraction of sp³-hybridized carbons (Fsp3) is 0.409. The number of nitrogens with zero attached hydrogens (tertiary/aromatic N) is 2. The number of carbonyl (C=O) groups is 1. The van der Waals surface area contributed by atoms with Crippen molar-refractivity contribution in [3.63, 3.8) is 0 Å². The number of hydrogen-bond donors (Lipinski definition) is 0. The largest absolute Gasteiger partial charge is 0.379 e. The second-order valence-corrected chi connectivity index (χ2v) is 7.05. The van der Waals surface area contributed by atoms with Crippen LogP contribution in [0.3, 0.4) is 0 Å². The minimum atomic E-state index is 0.0957. The van der Waals surface area contributed by atoms with E-state index in [2.05, 4.69) is 24.0 Å². The van der Waals surface area contributed by atoms with Crippen LogP contribution in [0.15, 0.2) is 54.6 Å². The molecule has 0 spiro atoms. The lowest BCUT2D eigenvalue weighted by molar-refractivity contribution is 0.0228. The van der Waals surface area contributed by atoms with Crippen LogP contribution in [-0.4, -0.2) is 54.6 Å². The maximum absolute atomic E-state index is 13.3. The number of carbonyl (C=O) groups excluding carboxylic acids is 1. The highest BCUT2D eigenvalue weighted by Gasteiger charge is 2.24. The van der Waals surface area contributed by atoms with Gasteiger partial charge in [0.25, 0.3) is 5.91 Å². The van der Waals surface area contributed by atoms with E-state index < -0.39 is 0 Å². The van der Waals surface area contributed by atoms with E-state index in [-0.39, 0.29) is 11.9 Å². The van der Waals surface area contributed by atoms with Crippen LogP contribution < -0.4 is 0 Å². The Bertz CT molecular complexity index is 711. The minimum Gasteiger partial charge on any atom is -0.379 e. The SMILES string of the molecule is Cc1cccc(C(=O)N(Cc2ccccc2)C(C)CN2CCOCC2)c1. The Morgan fingerprint density at radius 1 is 1.12 bits per heavy atom. The first kappa shape index (κ1) is 18.6. The molecule has 0 bridgehead atoms. The van der Waals surface area contributed by atoms with Crippen LogP contribution in [0.5, 0.6) is 0 Å². The van der Waals surface area contributed by atoms with Crippen molar-refractivity contribution < 1.29 is 9.53 Å². The Morgan fingerprint density at radius 3 is 2.54 bits per heavy atom. The average molecular weight is 352 g/mol. The molecule has 1 unspecified atom stereocenters. The third kappa shape index (κ3) is 4.93. The third-order valence-electron chi connectivity index (χ3n) is 4.88. The molecule has 0 aliphatic carbocycles. The predicted molar refractivity (Wildman–Crippen MR) is 104 cm³/mol. The average Bonchev–Trinajstić information content (AvgIpc) is 2.67. The van der Waals surface area contributed by atoms with Gasteiger partial charge in [-0.3, -0.25) is 9.69 Å². The summed E-state index contributed by atoms with van der Waals surface area (Å²) in [4.78, 5) is 17.7. The van der Waals surface area contributed by atoms with Crippen molar-refractivity contribution in [3.8, 4) is 0 Å². The molecule has 3 rings (SSSR count). The van der Waals surface area contributed by atoms with Gasteiger partial charge in [-0.1, -0.05) is 48.0 Å². The van der Waals surface area contributed by atoms with Crippen LogP contribution in [0.25, 0.3) is 0 Å². The molecule has 0 N–H and O–H groups in total. The van der Waals surface area contributed by atoms with E-state index >= 15 is 0 Å². The van der Waals surface area contributed by atoms with Crippen LogP contribution in [0.4, 0.5) is 0 Å². The zero-order valence-corrected chi connectivity index (χ0v) is 15.7. The molecule has 2 aromatic carbocycles. The number of aryl methyl sites for hydroxylation is 1. The monoisotopic (exact) mass is 352 g/mol. The van der Waals surface area contributed by atoms with Crippen LogP contribution >= 0.6 is 0 Å². The van der Waals surface area contributed by atoms with Crippen molar-refractivity contribution in [2.75, 3.05) is 32.8 Å². The van der Waals surface area contributed by atoms with Gasteiger partial charge in [0.05, 0.1) is 13.2 Å². The molecule has 4 nitrogen and oxygen atoms in total. The van der Waals surface area contributed by atoms with E-state index in [0.29, 0.717) is 6.54 Å². The normalized spacial score (nSPS) is 16.2. The molecule has 1 saturated heterocycles. The first-order chi connectivity index (χ1) is 12.6. The summed E-state index contributed by atoms with van der Waals surface area (Å²) in [5.74, 6) is 0.0957. The summed E-state index contributed by atoms with van der Waals surface area (Å²) in [7, 11) is 0. The fourth-order valence-electron chi connectivity index (χ4n) is 3.41. The molecule has 1 fully saturated rings. The molecule has 26 heavy (non-hydrogen) atoms. The molecule has 1 aliphatic heterocycles. The van der Waals surface area contributed by atoms with Crippen molar-refractivity contribution in [1.82, 2.24) is 9.80 Å². The van der Waals surface area contributed by atoms with Crippen molar-refractivity contribution in [2.45, 2.75) is 26.4 Å². The van der Waals surface area contributed by atoms with Gasteiger partial charge in [-0.2, -0.15) is 0 Å². The summed E-state index contributed by atoms with van der Waals surface area (Å²) in [6.07, 6.45) is 0. The molecule has 1 heterocycles. The predicted octanol–water partition coefficient (Wildman–Crippen LogP) is 3.36. The zero-order valence-electron chi connectivity index (χ0n) is 15.7. The summed E-state index contributed by atoms with van der Waals surface area (Å²) in [5.41, 5.74) is 3.02. The van der Waals surface area contributed by atoms with Crippen molar-refractivity contribution in [2.24, 2.45) is 0 Å². The summed E-state index contributed by atoms with van der Waals surface area (Å²) >= 11 is 0. The lowest BCUT2D eigenvalue weighted by atomic mass is 10.1. The van der Waals surface area contributed by atoms with E-state index in [1.807, 2.05) is 54.3 Å². The molecule has 0 saturated carbocycles. The highest BCUT2D eigenvalue weighted by atomic mass is 16.5. The third-order valence-corrected chi connectivity index (χ3v) is 4.88. The number of ether oxygens (including phenoxy) is 1. The van der Waals surface area contributed by atoms with Crippen molar-refractivity contribution in [3.05, 3.63) is 71.3 Å². The molecule has 4 heteroatoms. The van der Waals surface area contributed by atoms with Gasteiger partial charge in [0.1, 0.15) is 0 Å². The minimum absolute atomic E-state index is 0.0957. The van der Waals surface area contributed by atoms with Gasteiger partial charge >= 0.3 is 0 Å². The number of hydrogen-bond acceptors (Lipinski definition) is 3. The van der Waals surface area contributed by atoms with Gasteiger partial charge in [-0.05, 0) is 31.5 Å². The Hall–Kier alpha value is -2.17. The van der Waals surface area contributed by atoms with E-state index in [4.69, 9.17) is 4.74 Å². The smallest absolute Gasteiger partial charge is 0.254 e. The van der Waals surface area contributed by atoms with Crippen molar-refractivity contribution >= 4 is 5.91 Å². The van der Waals surface area contributed by atoms with E-state index in [0.717, 1.165) is 49.5 Å². The Morgan fingerprint density at radius 2 is 1.85 bits per heavy atom. The molecule has 0 radical (unpaired) electrons. The Kier molecular flexibility index (Phi) is 6.42. The second kappa shape index (κ2) is 8.97. The molecule has 138 valence electrons. The van der Waals surface area contributed by atoms with Gasteiger partial charge in [-0.25, -0.2) is 0 Å². The summed E-state index contributed by atoms with van der Waals surface area (Å²) in [5, 5.41) is 0. The molecule has 1 amide bonds. The fourth-order valence-corrected chi connectivity index (χ4v) is 3.41. The molecule has 0 aromatic heterocycles. The van der Waals surface area contributed by atoms with E-state index in [9.17, 15) is 4.79 Å². The van der Waals surface area contributed by atoms with Gasteiger partial charge in [0.15, 0.2) is 0 Å². The van der Waals surface area contributed by atoms with Gasteiger partial charge in [0.2, 0.25) is 0 Å². The zero-order chi connectivity index (χ0) is 18.4. The topological polar surface area (TPSA) is 32.8 Å². The number of benzene rings is 2. The van der Waals surface area contributed by atoms with Crippen LogP contribution in [0.2, 0.25) is 0 Å². The van der Waals surface area contributed by atoms with Crippen LogP contribution in [-0.2, 0) is 11.3 Å². The molecule has 2 aromatic rings. The highest BCUT2D eigenvalue weighted by Crippen LogP contribution is 2.16. The lowest BCUT2D eigenvalue weighted by Gasteiger charge is -2.35. The second-order valence-electron chi connectivity index (χ2n) is 7.05. The lowest BCUT2D eigenvalue weighted by Crippen LogP contribution is -2.48. The van der Waals surface area contributed by atoms with Gasteiger partial charge in [0, 0.05) is 37.8 Å². The first-order valence-corrected chi connectivity index (χ1v) is 9.35. The Balaban J connectivity index is 1.79. The first-order valence-electron chi connectivity index (χ1n) is 9.35. The number of rotatable bonds is 6. The maximum Gasteiger partial charge on any atom is 0.254 e. The van der Waals surface area contributed by atoms with E-state index in [1.54, 1.807) is 0 Å². The molecule has 1 atom stereocenters. The Labute approximate surface area is 156 Å². The maximum atomic E-state index is 13.3. The molecular formula is C22H28N2O2. The van der Waals surface area contributed by atoms with E-state index in [1.165, 1.54) is 0 Å². The van der Waals surface area contributed by atoms with Crippen LogP contribution in [0, 0.1) is 6.92 Å². The van der Waals surface area contributed by atoms with Gasteiger partial charge in [-0.15, -0.1) is 0 Å². The quantitative estimate of drug-likeness (QED) is 0.799.